The molecule has 0 spiro atoms. The van der Waals surface area contributed by atoms with Crippen LogP contribution in [-0.4, -0.2) is 39.5 Å². The molecule has 1 fully saturated rings. The zero-order valence-corrected chi connectivity index (χ0v) is 11.4. The molecule has 4 N–H and O–H groups in total. The maximum Gasteiger partial charge on any atom is 0.471 e. The lowest BCUT2D eigenvalue weighted by molar-refractivity contribution is -0.167. The first kappa shape index (κ1) is 16.1. The number of H-pyrrole nitrogens is 1. The summed E-state index contributed by atoms with van der Waals surface area (Å²) in [7, 11) is 0. The van der Waals surface area contributed by atoms with Crippen molar-refractivity contribution in [2.24, 2.45) is 0 Å². The van der Waals surface area contributed by atoms with Crippen LogP contribution in [0.25, 0.3) is 0 Å². The summed E-state index contributed by atoms with van der Waals surface area (Å²) in [5.74, 6) is -2.56. The normalized spacial score (nSPS) is 22.1. The third kappa shape index (κ3) is 3.89. The minimum atomic E-state index is -4.99. The summed E-state index contributed by atoms with van der Waals surface area (Å²) in [6.07, 6.45) is -3.07. The van der Waals surface area contributed by atoms with E-state index >= 15 is 0 Å². The standard InChI is InChI=1S/C12H15F3N4O3/c13-12(14,15)10(20)17-9-5-8(18-19-9)6-3-1-2-4-7(6)16-11(21)22/h5-7,16H,1-4H2,(H,21,22)(H2,17,18,19,20)/t6-,7-/m1/s1. The zero-order chi connectivity index (χ0) is 16.3. The number of carboxylic acid groups (broad SMARTS) is 1. The molecular weight excluding hydrogens is 305 g/mol. The maximum atomic E-state index is 12.2. The number of rotatable bonds is 3. The van der Waals surface area contributed by atoms with Gasteiger partial charge in [0.1, 0.15) is 0 Å². The number of nitrogens with zero attached hydrogens (tertiary/aromatic N) is 1. The summed E-state index contributed by atoms with van der Waals surface area (Å²) in [6.45, 7) is 0. The van der Waals surface area contributed by atoms with Gasteiger partial charge in [0.15, 0.2) is 5.82 Å². The molecule has 1 aliphatic carbocycles. The average Bonchev–Trinajstić information content (AvgIpc) is 2.86. The molecule has 122 valence electrons. The molecule has 2 amide bonds. The van der Waals surface area contributed by atoms with Gasteiger partial charge in [0, 0.05) is 23.7 Å². The van der Waals surface area contributed by atoms with E-state index < -0.39 is 18.2 Å². The van der Waals surface area contributed by atoms with Gasteiger partial charge in [-0.3, -0.25) is 9.89 Å². The van der Waals surface area contributed by atoms with Crippen LogP contribution in [0.2, 0.25) is 0 Å². The summed E-state index contributed by atoms with van der Waals surface area (Å²) in [4.78, 5) is 21.6. The number of aromatic amines is 1. The number of hydrogen-bond acceptors (Lipinski definition) is 3. The highest BCUT2D eigenvalue weighted by molar-refractivity contribution is 5.94. The van der Waals surface area contributed by atoms with Crippen LogP contribution in [0.1, 0.15) is 37.3 Å². The molecule has 7 nitrogen and oxygen atoms in total. The highest BCUT2D eigenvalue weighted by Gasteiger charge is 2.39. The van der Waals surface area contributed by atoms with E-state index in [1.165, 1.54) is 6.07 Å². The number of alkyl halides is 3. The van der Waals surface area contributed by atoms with Gasteiger partial charge in [0.2, 0.25) is 0 Å². The van der Waals surface area contributed by atoms with Crippen LogP contribution in [-0.2, 0) is 4.79 Å². The molecule has 1 heterocycles. The Kier molecular flexibility index (Phi) is 4.57. The number of nitrogens with one attached hydrogen (secondary N) is 3. The first-order valence-electron chi connectivity index (χ1n) is 6.70. The lowest BCUT2D eigenvalue weighted by Crippen LogP contribution is -2.40. The lowest BCUT2D eigenvalue weighted by atomic mass is 9.82. The Hall–Kier alpha value is -2.26. The third-order valence-corrected chi connectivity index (χ3v) is 3.57. The van der Waals surface area contributed by atoms with Crippen LogP contribution in [0.5, 0.6) is 0 Å². The molecule has 1 aromatic heterocycles. The summed E-state index contributed by atoms with van der Waals surface area (Å²) in [6, 6.07) is 0.966. The van der Waals surface area contributed by atoms with Gasteiger partial charge in [0.05, 0.1) is 0 Å². The van der Waals surface area contributed by atoms with Crippen molar-refractivity contribution in [2.75, 3.05) is 5.32 Å². The van der Waals surface area contributed by atoms with E-state index in [1.54, 1.807) is 5.32 Å². The molecule has 2 rings (SSSR count). The van der Waals surface area contributed by atoms with Gasteiger partial charge in [-0.05, 0) is 12.8 Å². The molecule has 1 aliphatic rings. The summed E-state index contributed by atoms with van der Waals surface area (Å²) in [5.41, 5.74) is 0.496. The fourth-order valence-corrected chi connectivity index (χ4v) is 2.61. The van der Waals surface area contributed by atoms with Gasteiger partial charge in [-0.1, -0.05) is 12.8 Å². The van der Waals surface area contributed by atoms with Crippen molar-refractivity contribution in [3.8, 4) is 0 Å². The van der Waals surface area contributed by atoms with Crippen molar-refractivity contribution >= 4 is 17.8 Å². The monoisotopic (exact) mass is 320 g/mol. The number of anilines is 1. The van der Waals surface area contributed by atoms with E-state index in [0.717, 1.165) is 12.8 Å². The predicted octanol–water partition coefficient (Wildman–Crippen LogP) is 2.20. The minimum absolute atomic E-state index is 0.214. The van der Waals surface area contributed by atoms with Crippen molar-refractivity contribution in [1.29, 1.82) is 0 Å². The molecule has 0 aliphatic heterocycles. The number of halogens is 3. The predicted molar refractivity (Wildman–Crippen MR) is 69.4 cm³/mol. The van der Waals surface area contributed by atoms with Gasteiger partial charge in [-0.25, -0.2) is 4.79 Å². The molecule has 1 saturated carbocycles. The first-order chi connectivity index (χ1) is 10.3. The van der Waals surface area contributed by atoms with Crippen LogP contribution in [0.4, 0.5) is 23.8 Å². The van der Waals surface area contributed by atoms with Crippen LogP contribution in [0, 0.1) is 0 Å². The third-order valence-electron chi connectivity index (χ3n) is 3.57. The molecule has 2 atom stereocenters. The summed E-state index contributed by atoms with van der Waals surface area (Å²) in [5, 5.41) is 19.1. The average molecular weight is 320 g/mol. The summed E-state index contributed by atoms with van der Waals surface area (Å²) >= 11 is 0. The Morgan fingerprint density at radius 2 is 2.00 bits per heavy atom. The van der Waals surface area contributed by atoms with Crippen molar-refractivity contribution in [3.63, 3.8) is 0 Å². The van der Waals surface area contributed by atoms with E-state index in [1.807, 2.05) is 0 Å². The Balaban J connectivity index is 2.08. The van der Waals surface area contributed by atoms with E-state index in [-0.39, 0.29) is 17.8 Å². The molecule has 1 aromatic rings. The summed E-state index contributed by atoms with van der Waals surface area (Å²) < 4.78 is 36.5. The number of carbonyl (C=O) groups excluding carboxylic acids is 1. The SMILES string of the molecule is O=C(O)N[C@@H]1CCCC[C@H]1c1cc(NC(=O)C(F)(F)F)n[nH]1. The van der Waals surface area contributed by atoms with E-state index in [0.29, 0.717) is 18.5 Å². The number of hydrogen-bond donors (Lipinski definition) is 4. The lowest BCUT2D eigenvalue weighted by Gasteiger charge is -2.30. The van der Waals surface area contributed by atoms with Gasteiger partial charge >= 0.3 is 18.2 Å². The van der Waals surface area contributed by atoms with Crippen molar-refractivity contribution < 1.29 is 27.9 Å². The number of amides is 2. The number of carbonyl (C=O) groups is 2. The smallest absolute Gasteiger partial charge is 0.465 e. The van der Waals surface area contributed by atoms with E-state index in [2.05, 4.69) is 15.5 Å². The van der Waals surface area contributed by atoms with Crippen molar-refractivity contribution in [3.05, 3.63) is 11.8 Å². The van der Waals surface area contributed by atoms with Crippen LogP contribution >= 0.6 is 0 Å². The fraction of sp³-hybridized carbons (Fsp3) is 0.583. The highest BCUT2D eigenvalue weighted by atomic mass is 19.4. The molecule has 0 unspecified atom stereocenters. The molecule has 0 bridgehead atoms. The van der Waals surface area contributed by atoms with E-state index in [4.69, 9.17) is 5.11 Å². The molecule has 22 heavy (non-hydrogen) atoms. The topological polar surface area (TPSA) is 107 Å². The largest absolute Gasteiger partial charge is 0.471 e. The van der Waals surface area contributed by atoms with E-state index in [9.17, 15) is 22.8 Å². The fourth-order valence-electron chi connectivity index (χ4n) is 2.61. The molecule has 0 radical (unpaired) electrons. The second-order valence-corrected chi connectivity index (χ2v) is 5.11. The van der Waals surface area contributed by atoms with Crippen LogP contribution < -0.4 is 10.6 Å². The quantitative estimate of drug-likeness (QED) is 0.685. The Morgan fingerprint density at radius 1 is 1.32 bits per heavy atom. The van der Waals surface area contributed by atoms with Crippen LogP contribution in [0.15, 0.2) is 6.07 Å². The highest BCUT2D eigenvalue weighted by Crippen LogP contribution is 2.33. The maximum absolute atomic E-state index is 12.2. The Labute approximate surface area is 123 Å². The second-order valence-electron chi connectivity index (χ2n) is 5.11. The molecular formula is C12H15F3N4O3. The van der Waals surface area contributed by atoms with Gasteiger partial charge in [-0.2, -0.15) is 18.3 Å². The van der Waals surface area contributed by atoms with Gasteiger partial charge < -0.3 is 15.7 Å². The molecule has 0 aromatic carbocycles. The van der Waals surface area contributed by atoms with Crippen molar-refractivity contribution in [1.82, 2.24) is 15.5 Å². The first-order valence-corrected chi connectivity index (χ1v) is 6.70. The van der Waals surface area contributed by atoms with Gasteiger partial charge in [-0.15, -0.1) is 0 Å². The second kappa shape index (κ2) is 6.24. The molecule has 0 saturated heterocycles. The zero-order valence-electron chi connectivity index (χ0n) is 11.4. The Morgan fingerprint density at radius 3 is 2.64 bits per heavy atom. The van der Waals surface area contributed by atoms with Crippen LogP contribution in [0.3, 0.4) is 0 Å². The Bertz CT molecular complexity index is 558. The van der Waals surface area contributed by atoms with Crippen molar-refractivity contribution in [2.45, 2.75) is 43.8 Å². The molecule has 10 heteroatoms. The minimum Gasteiger partial charge on any atom is -0.465 e. The van der Waals surface area contributed by atoms with Gasteiger partial charge in [0.25, 0.3) is 0 Å². The number of aromatic nitrogens is 2.